The largest absolute Gasteiger partial charge is 0.276 e. The summed E-state index contributed by atoms with van der Waals surface area (Å²) in [4.78, 5) is 15.3. The molecule has 0 atom stereocenters. The Labute approximate surface area is 71.4 Å². The molecule has 0 bridgehead atoms. The van der Waals surface area contributed by atoms with E-state index in [1.807, 2.05) is 12.8 Å². The lowest BCUT2D eigenvalue weighted by atomic mass is 10.1. The van der Waals surface area contributed by atoms with Gasteiger partial charge in [0, 0.05) is 12.4 Å². The predicted molar refractivity (Wildman–Crippen MR) is 43.3 cm³/mol. The van der Waals surface area contributed by atoms with Crippen molar-refractivity contribution in [2.75, 3.05) is 0 Å². The van der Waals surface area contributed by atoms with Gasteiger partial charge in [0.2, 0.25) is 5.91 Å². The van der Waals surface area contributed by atoms with Crippen LogP contribution >= 0.6 is 0 Å². The Bertz CT molecular complexity index is 260. The van der Waals surface area contributed by atoms with E-state index in [0.29, 0.717) is 5.92 Å². The van der Waals surface area contributed by atoms with Crippen LogP contribution in [0.25, 0.3) is 0 Å². The fourth-order valence-corrected chi connectivity index (χ4v) is 1.04. The third-order valence-electron chi connectivity index (χ3n) is 1.65. The highest BCUT2D eigenvalue weighted by Crippen LogP contribution is 2.24. The van der Waals surface area contributed by atoms with Gasteiger partial charge in [0.05, 0.1) is 5.92 Å². The molecule has 1 saturated carbocycles. The van der Waals surface area contributed by atoms with Crippen LogP contribution < -0.4 is 0 Å². The molecule has 3 nitrogen and oxygen atoms in total. The topological polar surface area (TPSA) is 34.9 Å². The fourth-order valence-electron chi connectivity index (χ4n) is 1.04. The first-order valence-electron chi connectivity index (χ1n) is 3.62. The van der Waals surface area contributed by atoms with Crippen LogP contribution in [0.1, 0.15) is 4.79 Å². The van der Waals surface area contributed by atoms with Gasteiger partial charge in [0.25, 0.3) is 0 Å². The van der Waals surface area contributed by atoms with Gasteiger partial charge < -0.3 is 0 Å². The summed E-state index contributed by atoms with van der Waals surface area (Å²) in [5.41, 5.74) is 0. The molecule has 1 aliphatic carbocycles. The lowest BCUT2D eigenvalue weighted by Crippen LogP contribution is -2.16. The van der Waals surface area contributed by atoms with Crippen molar-refractivity contribution >= 4 is 5.91 Å². The van der Waals surface area contributed by atoms with Crippen LogP contribution in [0.5, 0.6) is 0 Å². The van der Waals surface area contributed by atoms with Gasteiger partial charge in [-0.05, 0) is 25.7 Å². The quantitative estimate of drug-likeness (QED) is 0.611. The minimum atomic E-state index is -0.0440. The Morgan fingerprint density at radius 2 is 2.08 bits per heavy atom. The summed E-state index contributed by atoms with van der Waals surface area (Å²) >= 11 is 0. The molecule has 3 heteroatoms. The van der Waals surface area contributed by atoms with Crippen molar-refractivity contribution in [1.29, 1.82) is 0 Å². The molecule has 2 rings (SSSR count). The maximum atomic E-state index is 11.5. The van der Waals surface area contributed by atoms with Crippen molar-refractivity contribution in [1.82, 2.24) is 9.55 Å². The highest BCUT2D eigenvalue weighted by atomic mass is 16.2. The molecule has 59 valence electrons. The van der Waals surface area contributed by atoms with E-state index in [0.717, 1.165) is 0 Å². The zero-order valence-electron chi connectivity index (χ0n) is 6.34. The zero-order chi connectivity index (χ0) is 8.39. The molecule has 12 heavy (non-hydrogen) atoms. The summed E-state index contributed by atoms with van der Waals surface area (Å²) in [6, 6.07) is 0. The molecule has 0 saturated heterocycles. The zero-order valence-corrected chi connectivity index (χ0v) is 6.34. The summed E-state index contributed by atoms with van der Waals surface area (Å²) in [6.45, 7) is 0. The van der Waals surface area contributed by atoms with E-state index in [9.17, 15) is 4.79 Å². The Balaban J connectivity index is 2.09. The van der Waals surface area contributed by atoms with E-state index >= 15 is 0 Å². The van der Waals surface area contributed by atoms with Gasteiger partial charge in [0.1, 0.15) is 6.33 Å². The monoisotopic (exact) mass is 159 g/mol. The average molecular weight is 159 g/mol. The third-order valence-corrected chi connectivity index (χ3v) is 1.65. The van der Waals surface area contributed by atoms with Gasteiger partial charge >= 0.3 is 0 Å². The Hall–Kier alpha value is -1.12. The SMILES string of the molecule is O=C([C]1[CH][CH][CH][CH]1)n1ccnc1. The molecule has 0 N–H and O–H groups in total. The molecular formula is C9H7N2O. The average Bonchev–Trinajstić information content (AvgIpc) is 2.77. The smallest absolute Gasteiger partial charge is 0.239 e. The van der Waals surface area contributed by atoms with Crippen molar-refractivity contribution in [3.8, 4) is 0 Å². The van der Waals surface area contributed by atoms with Gasteiger partial charge in [-0.15, -0.1) is 0 Å². The van der Waals surface area contributed by atoms with Crippen LogP contribution in [0, 0.1) is 31.6 Å². The van der Waals surface area contributed by atoms with E-state index < -0.39 is 0 Å². The maximum Gasteiger partial charge on any atom is 0.239 e. The van der Waals surface area contributed by atoms with Gasteiger partial charge in [-0.3, -0.25) is 9.36 Å². The minimum Gasteiger partial charge on any atom is -0.276 e. The predicted octanol–water partition coefficient (Wildman–Crippen LogP) is 0.929. The molecule has 5 radical (unpaired) electrons. The summed E-state index contributed by atoms with van der Waals surface area (Å²) < 4.78 is 1.45. The lowest BCUT2D eigenvalue weighted by molar-refractivity contribution is 0.0938. The molecule has 0 spiro atoms. The van der Waals surface area contributed by atoms with Crippen LogP contribution in [0.2, 0.25) is 0 Å². The van der Waals surface area contributed by atoms with Crippen molar-refractivity contribution in [2.24, 2.45) is 0 Å². The minimum absolute atomic E-state index is 0.0440. The first-order chi connectivity index (χ1) is 5.88. The molecular weight excluding hydrogens is 152 g/mol. The molecule has 1 heterocycles. The summed E-state index contributed by atoms with van der Waals surface area (Å²) in [7, 11) is 0. The van der Waals surface area contributed by atoms with E-state index in [-0.39, 0.29) is 5.91 Å². The fraction of sp³-hybridized carbons (Fsp3) is 0. The van der Waals surface area contributed by atoms with Crippen LogP contribution in [0.4, 0.5) is 0 Å². The Morgan fingerprint density at radius 1 is 1.33 bits per heavy atom. The van der Waals surface area contributed by atoms with Gasteiger partial charge in [-0.25, -0.2) is 4.98 Å². The van der Waals surface area contributed by atoms with Crippen LogP contribution in [0.3, 0.4) is 0 Å². The number of hydrogen-bond donors (Lipinski definition) is 0. The number of carbonyl (C=O) groups is 1. The second kappa shape index (κ2) is 3.09. The van der Waals surface area contributed by atoms with Crippen molar-refractivity contribution < 1.29 is 4.79 Å². The second-order valence-electron chi connectivity index (χ2n) is 2.45. The highest BCUT2D eigenvalue weighted by molar-refractivity contribution is 5.97. The van der Waals surface area contributed by atoms with E-state index in [1.165, 1.54) is 10.9 Å². The summed E-state index contributed by atoms with van der Waals surface area (Å²) in [6.07, 6.45) is 11.9. The Kier molecular flexibility index (Phi) is 1.94. The van der Waals surface area contributed by atoms with Crippen LogP contribution in [-0.4, -0.2) is 15.5 Å². The van der Waals surface area contributed by atoms with E-state index in [1.54, 1.807) is 25.2 Å². The number of hydrogen-bond acceptors (Lipinski definition) is 2. The number of carbonyl (C=O) groups excluding carboxylic acids is 1. The lowest BCUT2D eigenvalue weighted by Gasteiger charge is -2.05. The molecule has 0 aromatic carbocycles. The standard InChI is InChI=1S/C9H7N2O/c12-9(8-3-1-2-4-8)11-6-5-10-7-11/h1-7H. The van der Waals surface area contributed by atoms with Crippen molar-refractivity contribution in [3.63, 3.8) is 0 Å². The normalized spacial score (nSPS) is 18.3. The van der Waals surface area contributed by atoms with E-state index in [4.69, 9.17) is 0 Å². The number of nitrogens with zero attached hydrogens (tertiary/aromatic N) is 2. The molecule has 1 fully saturated rings. The molecule has 0 aliphatic heterocycles. The first kappa shape index (κ1) is 7.53. The van der Waals surface area contributed by atoms with E-state index in [2.05, 4.69) is 4.98 Å². The van der Waals surface area contributed by atoms with Gasteiger partial charge in [0.15, 0.2) is 0 Å². The third kappa shape index (κ3) is 1.26. The van der Waals surface area contributed by atoms with Crippen molar-refractivity contribution in [2.45, 2.75) is 0 Å². The van der Waals surface area contributed by atoms with Crippen LogP contribution in [0.15, 0.2) is 18.7 Å². The number of aromatic nitrogens is 2. The first-order valence-corrected chi connectivity index (χ1v) is 3.62. The summed E-state index contributed by atoms with van der Waals surface area (Å²) in [5, 5.41) is 0. The number of imidazole rings is 1. The molecule has 0 unspecified atom stereocenters. The maximum absolute atomic E-state index is 11.5. The molecule has 1 aromatic heterocycles. The number of rotatable bonds is 1. The van der Waals surface area contributed by atoms with Crippen LogP contribution in [-0.2, 0) is 0 Å². The van der Waals surface area contributed by atoms with Gasteiger partial charge in [-0.2, -0.15) is 0 Å². The Morgan fingerprint density at radius 3 is 2.67 bits per heavy atom. The summed E-state index contributed by atoms with van der Waals surface area (Å²) in [5.74, 6) is 0.644. The van der Waals surface area contributed by atoms with Gasteiger partial charge in [-0.1, -0.05) is 0 Å². The molecule has 1 aromatic rings. The molecule has 1 aliphatic rings. The highest BCUT2D eigenvalue weighted by Gasteiger charge is 2.25. The molecule has 0 amide bonds. The second-order valence-corrected chi connectivity index (χ2v) is 2.45. The van der Waals surface area contributed by atoms with Crippen molar-refractivity contribution in [3.05, 3.63) is 50.3 Å².